The normalized spacial score (nSPS) is 10.5. The van der Waals surface area contributed by atoms with Gasteiger partial charge in [0.05, 0.1) is 0 Å². The molecule has 1 atom stereocenters. The van der Waals surface area contributed by atoms with E-state index in [9.17, 15) is 4.79 Å². The standard InChI is InChI=1S/C11H16O2.C11H16O.C9H10O2.C7H8O.C7H8/c1-4-12-10(3)13-11-7-5-9(2)6-8-11;1-9-5-7-10(8-6-9)12-11(2,3)4;1-7-3-5-9(6-4-7)11-8(2)10;1-6-2-4-7(8)5-3-6;1-7-5-3-2-4-6-7/h5-8,10H,4H2,1-3H3;5-8H,1-4H3;3-6H,1-2H3;2-5,8H,1H3;2-6H,1H3. The number of aryl methyl sites for hydroxylation is 5. The third kappa shape index (κ3) is 23.8. The van der Waals surface area contributed by atoms with Gasteiger partial charge in [-0.05, 0) is 118 Å². The van der Waals surface area contributed by atoms with E-state index in [1.807, 2.05) is 127 Å². The molecule has 1 N–H and O–H groups in total. The number of benzene rings is 5. The summed E-state index contributed by atoms with van der Waals surface area (Å²) in [4.78, 5) is 10.5. The van der Waals surface area contributed by atoms with Gasteiger partial charge < -0.3 is 24.1 Å². The molecule has 5 aromatic rings. The predicted octanol–water partition coefficient (Wildman–Crippen LogP) is 11.5. The van der Waals surface area contributed by atoms with E-state index >= 15 is 0 Å². The summed E-state index contributed by atoms with van der Waals surface area (Å²) in [6.07, 6.45) is -0.173. The van der Waals surface area contributed by atoms with E-state index in [4.69, 9.17) is 24.1 Å². The highest BCUT2D eigenvalue weighted by atomic mass is 16.7. The molecule has 0 amide bonds. The van der Waals surface area contributed by atoms with Crippen LogP contribution >= 0.6 is 0 Å². The molecule has 51 heavy (non-hydrogen) atoms. The molecule has 0 fully saturated rings. The summed E-state index contributed by atoms with van der Waals surface area (Å²) in [5.41, 5.74) is 6.04. The van der Waals surface area contributed by atoms with Crippen LogP contribution in [0.3, 0.4) is 0 Å². The summed E-state index contributed by atoms with van der Waals surface area (Å²) < 4.78 is 21.2. The lowest BCUT2D eigenvalue weighted by Gasteiger charge is -2.21. The van der Waals surface area contributed by atoms with Crippen molar-refractivity contribution >= 4 is 5.97 Å². The molecule has 0 heterocycles. The molecule has 0 radical (unpaired) electrons. The number of hydrogen-bond acceptors (Lipinski definition) is 6. The zero-order valence-corrected chi connectivity index (χ0v) is 32.4. The second-order valence-corrected chi connectivity index (χ2v) is 12.9. The highest BCUT2D eigenvalue weighted by Crippen LogP contribution is 2.18. The Balaban J connectivity index is 0.000000324. The number of carbonyl (C=O) groups is 1. The number of aromatic hydroxyl groups is 1. The Kier molecular flexibility index (Phi) is 20.8. The fraction of sp³-hybridized carbons (Fsp3) is 0.311. The number of phenolic OH excluding ortho intramolecular Hbond substituents is 1. The number of rotatable bonds is 6. The molecule has 0 aromatic heterocycles. The highest BCUT2D eigenvalue weighted by Gasteiger charge is 2.10. The van der Waals surface area contributed by atoms with Gasteiger partial charge in [0.2, 0.25) is 0 Å². The van der Waals surface area contributed by atoms with E-state index < -0.39 is 0 Å². The Hall–Kier alpha value is -5.07. The van der Waals surface area contributed by atoms with Gasteiger partial charge in [0.15, 0.2) is 6.29 Å². The minimum Gasteiger partial charge on any atom is -0.508 e. The maximum atomic E-state index is 10.5. The van der Waals surface area contributed by atoms with Crippen LogP contribution in [-0.2, 0) is 9.53 Å². The van der Waals surface area contributed by atoms with E-state index in [2.05, 4.69) is 45.0 Å². The molecule has 0 aliphatic carbocycles. The quantitative estimate of drug-likeness (QED) is 0.108. The number of phenols is 1. The van der Waals surface area contributed by atoms with Gasteiger partial charge in [-0.1, -0.05) is 107 Å². The minimum atomic E-state index is -0.283. The van der Waals surface area contributed by atoms with Gasteiger partial charge in [-0.15, -0.1) is 0 Å². The first-order valence-electron chi connectivity index (χ1n) is 17.2. The Morgan fingerprint density at radius 1 is 0.588 bits per heavy atom. The molecule has 0 spiro atoms. The van der Waals surface area contributed by atoms with Gasteiger partial charge in [-0.25, -0.2) is 0 Å². The van der Waals surface area contributed by atoms with E-state index in [-0.39, 0.29) is 17.9 Å². The van der Waals surface area contributed by atoms with Crippen LogP contribution < -0.4 is 14.2 Å². The second kappa shape index (κ2) is 24.1. The summed E-state index contributed by atoms with van der Waals surface area (Å²) in [5, 5.41) is 8.76. The average Bonchev–Trinajstić information content (AvgIpc) is 3.07. The van der Waals surface area contributed by atoms with Gasteiger partial charge in [0.1, 0.15) is 28.6 Å². The van der Waals surface area contributed by atoms with Crippen LogP contribution in [0.4, 0.5) is 0 Å². The third-order valence-corrected chi connectivity index (χ3v) is 6.43. The first-order chi connectivity index (χ1) is 24.1. The van der Waals surface area contributed by atoms with Crippen LogP contribution in [0.25, 0.3) is 0 Å². The maximum Gasteiger partial charge on any atom is 0.308 e. The number of ether oxygens (including phenoxy) is 4. The highest BCUT2D eigenvalue weighted by molar-refractivity contribution is 5.69. The van der Waals surface area contributed by atoms with Crippen LogP contribution in [0.5, 0.6) is 23.0 Å². The Labute approximate surface area is 307 Å². The SMILES string of the molecule is CC(=O)Oc1ccc(C)cc1.CCOC(C)Oc1ccc(C)cc1.Cc1ccc(O)cc1.Cc1ccc(OC(C)(C)C)cc1.Cc1ccccc1. The van der Waals surface area contributed by atoms with E-state index in [1.54, 1.807) is 24.3 Å². The summed E-state index contributed by atoms with van der Waals surface area (Å²) in [7, 11) is 0. The summed E-state index contributed by atoms with van der Waals surface area (Å²) in [6, 6.07) is 40.8. The lowest BCUT2D eigenvalue weighted by Crippen LogP contribution is -2.22. The third-order valence-electron chi connectivity index (χ3n) is 6.43. The molecular formula is C45H58O6. The second-order valence-electron chi connectivity index (χ2n) is 12.9. The van der Waals surface area contributed by atoms with Crippen molar-refractivity contribution in [1.82, 2.24) is 0 Å². The van der Waals surface area contributed by atoms with Crippen molar-refractivity contribution in [2.45, 2.75) is 88.1 Å². The van der Waals surface area contributed by atoms with Crippen LogP contribution in [-0.4, -0.2) is 29.6 Å². The molecule has 0 aliphatic heterocycles. The molecular weight excluding hydrogens is 636 g/mol. The average molecular weight is 695 g/mol. The van der Waals surface area contributed by atoms with Crippen molar-refractivity contribution in [3.63, 3.8) is 0 Å². The topological polar surface area (TPSA) is 74.2 Å². The zero-order chi connectivity index (χ0) is 38.2. The number of esters is 1. The lowest BCUT2D eigenvalue weighted by atomic mass is 10.2. The Morgan fingerprint density at radius 3 is 1.29 bits per heavy atom. The molecule has 6 heteroatoms. The molecule has 5 rings (SSSR count). The van der Waals surface area contributed by atoms with Crippen LogP contribution in [0.2, 0.25) is 0 Å². The lowest BCUT2D eigenvalue weighted by molar-refractivity contribution is -0.131. The van der Waals surface area contributed by atoms with Gasteiger partial charge in [0, 0.05) is 13.5 Å². The molecule has 0 aliphatic rings. The van der Waals surface area contributed by atoms with Crippen molar-refractivity contribution in [1.29, 1.82) is 0 Å². The summed E-state index contributed by atoms with van der Waals surface area (Å²) in [6.45, 7) is 22.2. The number of hydrogen-bond donors (Lipinski definition) is 1. The van der Waals surface area contributed by atoms with Crippen LogP contribution in [0.1, 0.15) is 69.4 Å². The van der Waals surface area contributed by atoms with Gasteiger partial charge in [0.25, 0.3) is 0 Å². The van der Waals surface area contributed by atoms with Crippen molar-refractivity contribution in [2.75, 3.05) is 6.61 Å². The van der Waals surface area contributed by atoms with E-state index in [0.717, 1.165) is 17.1 Å². The molecule has 274 valence electrons. The molecule has 1 unspecified atom stereocenters. The molecule has 0 bridgehead atoms. The fourth-order valence-electron chi connectivity index (χ4n) is 3.89. The fourth-order valence-corrected chi connectivity index (χ4v) is 3.89. The predicted molar refractivity (Wildman–Crippen MR) is 211 cm³/mol. The maximum absolute atomic E-state index is 10.5. The van der Waals surface area contributed by atoms with Crippen molar-refractivity contribution < 1.29 is 28.8 Å². The van der Waals surface area contributed by atoms with Crippen molar-refractivity contribution in [3.05, 3.63) is 155 Å². The van der Waals surface area contributed by atoms with Gasteiger partial charge in [-0.2, -0.15) is 0 Å². The van der Waals surface area contributed by atoms with Crippen LogP contribution in [0.15, 0.2) is 127 Å². The summed E-state index contributed by atoms with van der Waals surface area (Å²) in [5.74, 6) is 2.44. The van der Waals surface area contributed by atoms with E-state index in [1.165, 1.54) is 29.2 Å². The van der Waals surface area contributed by atoms with Crippen LogP contribution in [0, 0.1) is 34.6 Å². The first kappa shape index (κ1) is 44.0. The largest absolute Gasteiger partial charge is 0.508 e. The molecule has 0 saturated heterocycles. The summed E-state index contributed by atoms with van der Waals surface area (Å²) >= 11 is 0. The Morgan fingerprint density at radius 2 is 0.961 bits per heavy atom. The monoisotopic (exact) mass is 694 g/mol. The number of carbonyl (C=O) groups excluding carboxylic acids is 1. The smallest absolute Gasteiger partial charge is 0.308 e. The van der Waals surface area contributed by atoms with E-state index in [0.29, 0.717) is 18.1 Å². The first-order valence-corrected chi connectivity index (χ1v) is 17.2. The Bertz CT molecular complexity index is 1580. The van der Waals surface area contributed by atoms with Crippen molar-refractivity contribution in [3.8, 4) is 23.0 Å². The minimum absolute atomic E-state index is 0.102. The van der Waals surface area contributed by atoms with Gasteiger partial charge >= 0.3 is 5.97 Å². The zero-order valence-electron chi connectivity index (χ0n) is 32.4. The van der Waals surface area contributed by atoms with Crippen molar-refractivity contribution in [2.24, 2.45) is 0 Å². The molecule has 0 saturated carbocycles. The van der Waals surface area contributed by atoms with Gasteiger partial charge in [-0.3, -0.25) is 4.79 Å². The molecule has 6 nitrogen and oxygen atoms in total. The molecule has 5 aromatic carbocycles.